The van der Waals surface area contributed by atoms with Gasteiger partial charge in [-0.15, -0.1) is 0 Å². The van der Waals surface area contributed by atoms with Crippen LogP contribution in [-0.2, 0) is 14.8 Å². The summed E-state index contributed by atoms with van der Waals surface area (Å²) in [7, 11) is -3.85. The molecule has 10 heteroatoms. The van der Waals surface area contributed by atoms with Crippen molar-refractivity contribution in [1.82, 2.24) is 10.0 Å². The third-order valence-corrected chi connectivity index (χ3v) is 5.49. The lowest BCUT2D eigenvalue weighted by Crippen LogP contribution is -2.34. The summed E-state index contributed by atoms with van der Waals surface area (Å²) in [5.41, 5.74) is 0.972. The summed E-state index contributed by atoms with van der Waals surface area (Å²) in [4.78, 5) is 23.2. The van der Waals surface area contributed by atoms with Gasteiger partial charge in [0.2, 0.25) is 15.9 Å². The molecule has 31 heavy (non-hydrogen) atoms. The molecule has 0 aliphatic carbocycles. The van der Waals surface area contributed by atoms with Crippen molar-refractivity contribution in [2.45, 2.75) is 25.7 Å². The quantitative estimate of drug-likeness (QED) is 0.452. The van der Waals surface area contributed by atoms with Crippen LogP contribution in [0.1, 0.15) is 31.1 Å². The molecule has 168 valence electrons. The number of carbonyl (C=O) groups excluding carboxylic acids is 2. The number of ether oxygens (including phenoxy) is 2. The Kier molecular flexibility index (Phi) is 8.83. The van der Waals surface area contributed by atoms with Gasteiger partial charge in [0.05, 0.1) is 13.2 Å². The number of carbonyl (C=O) groups is 2. The van der Waals surface area contributed by atoms with Crippen LogP contribution in [0.4, 0.5) is 5.69 Å². The van der Waals surface area contributed by atoms with Crippen molar-refractivity contribution in [1.29, 1.82) is 0 Å². The van der Waals surface area contributed by atoms with Crippen LogP contribution < -0.4 is 24.8 Å². The first-order valence-corrected chi connectivity index (χ1v) is 11.3. The predicted octanol–water partition coefficient (Wildman–Crippen LogP) is 2.15. The van der Waals surface area contributed by atoms with Gasteiger partial charge in [0, 0.05) is 37.3 Å². The standard InChI is InChI=1S/C21H27N3O6S/c1-4-29-18-10-11-20(19(14-18)30-5-2)31(27,28)23-13-12-22-21(26)16-6-8-17(9-7-16)24-15(3)25/h6-11,14,23H,4-5,12-13H2,1-3H3,(H,22,26)(H,24,25). The molecule has 0 saturated heterocycles. The minimum Gasteiger partial charge on any atom is -0.494 e. The summed E-state index contributed by atoms with van der Waals surface area (Å²) in [6.45, 7) is 5.82. The van der Waals surface area contributed by atoms with Crippen molar-refractivity contribution < 1.29 is 27.5 Å². The predicted molar refractivity (Wildman–Crippen MR) is 117 cm³/mol. The Morgan fingerprint density at radius 3 is 2.23 bits per heavy atom. The average molecular weight is 450 g/mol. The molecule has 0 fully saturated rings. The highest BCUT2D eigenvalue weighted by atomic mass is 32.2. The molecule has 0 saturated carbocycles. The fraction of sp³-hybridized carbons (Fsp3) is 0.333. The third kappa shape index (κ3) is 7.26. The van der Waals surface area contributed by atoms with Gasteiger partial charge in [-0.1, -0.05) is 0 Å². The number of hydrogen-bond donors (Lipinski definition) is 3. The zero-order valence-electron chi connectivity index (χ0n) is 17.7. The van der Waals surface area contributed by atoms with Crippen molar-refractivity contribution in [2.75, 3.05) is 31.6 Å². The third-order valence-electron chi connectivity index (χ3n) is 3.99. The largest absolute Gasteiger partial charge is 0.494 e. The first-order valence-electron chi connectivity index (χ1n) is 9.82. The molecule has 0 aliphatic heterocycles. The van der Waals surface area contributed by atoms with Gasteiger partial charge in [-0.25, -0.2) is 13.1 Å². The molecule has 9 nitrogen and oxygen atoms in total. The zero-order chi connectivity index (χ0) is 22.9. The maximum Gasteiger partial charge on any atom is 0.251 e. The van der Waals surface area contributed by atoms with E-state index in [-0.39, 0.29) is 35.5 Å². The fourth-order valence-corrected chi connectivity index (χ4v) is 3.84. The molecular formula is C21H27N3O6S. The maximum absolute atomic E-state index is 12.7. The number of nitrogens with one attached hydrogen (secondary N) is 3. The first-order chi connectivity index (χ1) is 14.8. The lowest BCUT2D eigenvalue weighted by atomic mass is 10.2. The Morgan fingerprint density at radius 2 is 1.61 bits per heavy atom. The number of hydrogen-bond acceptors (Lipinski definition) is 6. The molecular weight excluding hydrogens is 422 g/mol. The van der Waals surface area contributed by atoms with Crippen LogP contribution >= 0.6 is 0 Å². The Morgan fingerprint density at radius 1 is 0.935 bits per heavy atom. The Bertz CT molecular complexity index is 1010. The van der Waals surface area contributed by atoms with Gasteiger partial charge in [-0.3, -0.25) is 9.59 Å². The molecule has 0 unspecified atom stereocenters. The van der Waals surface area contributed by atoms with Crippen molar-refractivity contribution >= 4 is 27.5 Å². The maximum atomic E-state index is 12.7. The van der Waals surface area contributed by atoms with Crippen LogP contribution in [-0.4, -0.2) is 46.5 Å². The molecule has 0 aromatic heterocycles. The van der Waals surface area contributed by atoms with E-state index in [1.54, 1.807) is 37.3 Å². The van der Waals surface area contributed by atoms with E-state index in [0.29, 0.717) is 30.2 Å². The van der Waals surface area contributed by atoms with Crippen LogP contribution in [0.15, 0.2) is 47.4 Å². The smallest absolute Gasteiger partial charge is 0.251 e. The minimum absolute atomic E-state index is 0.00214. The van der Waals surface area contributed by atoms with Crippen LogP contribution in [0, 0.1) is 0 Å². The SMILES string of the molecule is CCOc1ccc(S(=O)(=O)NCCNC(=O)c2ccc(NC(C)=O)cc2)c(OCC)c1. The summed E-state index contributed by atoms with van der Waals surface area (Å²) >= 11 is 0. The fourth-order valence-electron chi connectivity index (χ4n) is 2.68. The van der Waals surface area contributed by atoms with Crippen molar-refractivity contribution in [3.63, 3.8) is 0 Å². The Hall–Kier alpha value is -3.11. The van der Waals surface area contributed by atoms with E-state index < -0.39 is 10.0 Å². The molecule has 2 amide bonds. The second kappa shape index (κ2) is 11.3. The van der Waals surface area contributed by atoms with Gasteiger partial charge in [-0.05, 0) is 50.2 Å². The molecule has 2 rings (SSSR count). The Balaban J connectivity index is 1.94. The van der Waals surface area contributed by atoms with E-state index in [1.807, 2.05) is 6.92 Å². The number of rotatable bonds is 11. The molecule has 2 aromatic rings. The molecule has 0 radical (unpaired) electrons. The van der Waals surface area contributed by atoms with Crippen LogP contribution in [0.3, 0.4) is 0 Å². The summed E-state index contributed by atoms with van der Waals surface area (Å²) in [6, 6.07) is 10.9. The summed E-state index contributed by atoms with van der Waals surface area (Å²) in [6.07, 6.45) is 0. The monoisotopic (exact) mass is 449 g/mol. The summed E-state index contributed by atoms with van der Waals surface area (Å²) < 4.78 is 38.6. The molecule has 2 aromatic carbocycles. The van der Waals surface area contributed by atoms with Gasteiger partial charge >= 0.3 is 0 Å². The van der Waals surface area contributed by atoms with E-state index in [0.717, 1.165) is 0 Å². The van der Waals surface area contributed by atoms with Crippen molar-refractivity contribution in [2.24, 2.45) is 0 Å². The van der Waals surface area contributed by atoms with E-state index in [1.165, 1.54) is 19.1 Å². The molecule has 0 atom stereocenters. The van der Waals surface area contributed by atoms with Crippen LogP contribution in [0.2, 0.25) is 0 Å². The second-order valence-electron chi connectivity index (χ2n) is 6.39. The van der Waals surface area contributed by atoms with Gasteiger partial charge < -0.3 is 20.1 Å². The normalized spacial score (nSPS) is 10.9. The topological polar surface area (TPSA) is 123 Å². The number of sulfonamides is 1. The highest BCUT2D eigenvalue weighted by Crippen LogP contribution is 2.28. The molecule has 0 heterocycles. The number of amides is 2. The minimum atomic E-state index is -3.85. The highest BCUT2D eigenvalue weighted by Gasteiger charge is 2.20. The van der Waals surface area contributed by atoms with Crippen molar-refractivity contribution in [3.05, 3.63) is 48.0 Å². The highest BCUT2D eigenvalue weighted by molar-refractivity contribution is 7.89. The Labute approximate surface area is 182 Å². The molecule has 3 N–H and O–H groups in total. The second-order valence-corrected chi connectivity index (χ2v) is 8.12. The summed E-state index contributed by atoms with van der Waals surface area (Å²) in [5, 5.41) is 5.26. The van der Waals surface area contributed by atoms with Gasteiger partial charge in [-0.2, -0.15) is 0 Å². The average Bonchev–Trinajstić information content (AvgIpc) is 2.72. The van der Waals surface area contributed by atoms with Crippen LogP contribution in [0.5, 0.6) is 11.5 Å². The van der Waals surface area contributed by atoms with Crippen LogP contribution in [0.25, 0.3) is 0 Å². The van der Waals surface area contributed by atoms with E-state index >= 15 is 0 Å². The molecule has 0 spiro atoms. The zero-order valence-corrected chi connectivity index (χ0v) is 18.5. The molecule has 0 bridgehead atoms. The lowest BCUT2D eigenvalue weighted by Gasteiger charge is -2.14. The van der Waals surface area contributed by atoms with E-state index in [2.05, 4.69) is 15.4 Å². The van der Waals surface area contributed by atoms with E-state index in [4.69, 9.17) is 9.47 Å². The van der Waals surface area contributed by atoms with Gasteiger partial charge in [0.15, 0.2) is 0 Å². The lowest BCUT2D eigenvalue weighted by molar-refractivity contribution is -0.114. The first kappa shape index (κ1) is 24.2. The van der Waals surface area contributed by atoms with Gasteiger partial charge in [0.1, 0.15) is 16.4 Å². The summed E-state index contributed by atoms with van der Waals surface area (Å²) in [5.74, 6) is 0.153. The number of benzene rings is 2. The van der Waals surface area contributed by atoms with E-state index in [9.17, 15) is 18.0 Å². The number of anilines is 1. The van der Waals surface area contributed by atoms with Crippen molar-refractivity contribution in [3.8, 4) is 11.5 Å². The van der Waals surface area contributed by atoms with Gasteiger partial charge in [0.25, 0.3) is 5.91 Å². The molecule has 0 aliphatic rings.